The number of rotatable bonds is 18. The summed E-state index contributed by atoms with van der Waals surface area (Å²) >= 11 is 0. The fourth-order valence-electron chi connectivity index (χ4n) is 10.7. The zero-order valence-electron chi connectivity index (χ0n) is 58.2. The summed E-state index contributed by atoms with van der Waals surface area (Å²) in [5, 5.41) is 14.0. The Labute approximate surface area is 590 Å². The molecule has 39 heteroatoms. The molecule has 0 unspecified atom stereocenters. The fraction of sp³-hybridized carbons (Fsp3) is 0.591. The van der Waals surface area contributed by atoms with Crippen LogP contribution in [0.3, 0.4) is 0 Å². The van der Waals surface area contributed by atoms with Gasteiger partial charge >= 0.3 is 36.8 Å². The molecule has 0 aliphatic carbocycles. The van der Waals surface area contributed by atoms with E-state index in [1.165, 1.54) is 0 Å². The summed E-state index contributed by atoms with van der Waals surface area (Å²) in [6, 6.07) is -6.70. The molecule has 3 saturated heterocycles. The topological polar surface area (TPSA) is 263 Å². The van der Waals surface area contributed by atoms with E-state index in [9.17, 15) is 122 Å². The van der Waals surface area contributed by atoms with E-state index >= 15 is 0 Å². The zero-order valence-corrected chi connectivity index (χ0v) is 58.2. The molecule has 3 aliphatic heterocycles. The number of alkyl halides is 9. The number of nitrogens with one attached hydrogen (secondary N) is 6. The van der Waals surface area contributed by atoms with Gasteiger partial charge in [-0.3, -0.25) is 28.8 Å². The number of hydrogen-bond donors (Lipinski definition) is 6. The second kappa shape index (κ2) is 37.3. The Hall–Kier alpha value is -8.97. The first-order chi connectivity index (χ1) is 48.2. The van der Waals surface area contributed by atoms with Crippen molar-refractivity contribution >= 4 is 53.7 Å². The van der Waals surface area contributed by atoms with Crippen LogP contribution in [0.4, 0.5) is 93.4 Å². The molecule has 105 heavy (non-hydrogen) atoms. The van der Waals surface area contributed by atoms with Crippen LogP contribution in [-0.2, 0) is 62.2 Å². The van der Waals surface area contributed by atoms with E-state index in [0.29, 0.717) is 36.4 Å². The van der Waals surface area contributed by atoms with Crippen LogP contribution >= 0.6 is 0 Å². The SMILES string of the molecule is CC(C)(C)OC(=O)N[C@@H](CC(=O)N1CCCNC(=O)[C@@H]1CC(F)(F)F)Cc1cc(F)c(F)cc1F.CC(C)(C)OC(=O)N[C@@H](CC(=O)N1CCCNC(=O)[C@H]1CC(F)(F)F)Cc1cc(F)c(F)cc1F.CC(C)(C)OC(=O)N[C@@H](CC(=O)N1CCCNC(=O)[C@H]1CC(F)(F)F)Cc1cc(F)c(F)cc1F. The Bertz CT molecular complexity index is 3210. The number of carbonyl (C=O) groups is 9. The molecular weight excluding hydrogens is 1450 g/mol. The van der Waals surface area contributed by atoms with Gasteiger partial charge in [-0.15, -0.1) is 0 Å². The number of nitrogens with zero attached hydrogens (tertiary/aromatic N) is 3. The van der Waals surface area contributed by atoms with Gasteiger partial charge in [0.2, 0.25) is 35.4 Å². The normalized spacial score (nSPS) is 17.9. The summed E-state index contributed by atoms with van der Waals surface area (Å²) in [6.07, 6.45) is -24.9. The highest BCUT2D eigenvalue weighted by molar-refractivity contribution is 5.90. The van der Waals surface area contributed by atoms with E-state index in [1.54, 1.807) is 62.3 Å². The summed E-state index contributed by atoms with van der Waals surface area (Å²) in [5.74, 6) is -17.5. The Morgan fingerprint density at radius 2 is 0.590 bits per heavy atom. The van der Waals surface area contributed by atoms with Crippen LogP contribution in [0.1, 0.15) is 137 Å². The van der Waals surface area contributed by atoms with Crippen molar-refractivity contribution in [3.63, 3.8) is 0 Å². The lowest BCUT2D eigenvalue weighted by atomic mass is 10.0. The molecule has 3 fully saturated rings. The molecule has 6 atom stereocenters. The van der Waals surface area contributed by atoms with E-state index in [-0.39, 0.29) is 75.2 Å². The van der Waals surface area contributed by atoms with Gasteiger partial charge in [0.15, 0.2) is 34.9 Å². The molecule has 588 valence electrons. The lowest BCUT2D eigenvalue weighted by Crippen LogP contribution is -2.51. The van der Waals surface area contributed by atoms with Gasteiger partial charge in [0.1, 0.15) is 52.4 Å². The Morgan fingerprint density at radius 1 is 0.381 bits per heavy atom. The molecule has 0 aromatic heterocycles. The van der Waals surface area contributed by atoms with E-state index in [2.05, 4.69) is 31.9 Å². The fourth-order valence-corrected chi connectivity index (χ4v) is 10.7. The average Bonchev–Trinajstić information content (AvgIpc) is 1.81. The number of halogens is 18. The van der Waals surface area contributed by atoms with E-state index in [0.717, 1.165) is 14.7 Å². The molecule has 3 heterocycles. The van der Waals surface area contributed by atoms with Crippen molar-refractivity contribution in [3.05, 3.63) is 105 Å². The first-order valence-corrected chi connectivity index (χ1v) is 32.5. The minimum Gasteiger partial charge on any atom is -0.444 e. The minimum atomic E-state index is -4.74. The molecule has 9 amide bonds. The molecule has 3 aromatic carbocycles. The summed E-state index contributed by atoms with van der Waals surface area (Å²) in [5.41, 5.74) is -3.99. The van der Waals surface area contributed by atoms with Crippen LogP contribution in [0.15, 0.2) is 36.4 Å². The zero-order chi connectivity index (χ0) is 79.7. The maximum Gasteiger partial charge on any atom is 0.407 e. The predicted molar refractivity (Wildman–Crippen MR) is 335 cm³/mol. The lowest BCUT2D eigenvalue weighted by Gasteiger charge is -2.31. The molecule has 6 N–H and O–H groups in total. The van der Waals surface area contributed by atoms with Gasteiger partial charge in [-0.25, -0.2) is 53.9 Å². The highest BCUT2D eigenvalue weighted by Crippen LogP contribution is 2.31. The summed E-state index contributed by atoms with van der Waals surface area (Å²) in [4.78, 5) is 115. The van der Waals surface area contributed by atoms with Gasteiger partial charge in [0.05, 0.1) is 19.3 Å². The first kappa shape index (κ1) is 88.4. The molecule has 0 bridgehead atoms. The standard InChI is InChI=1S/3C22H27F6N3O4/c3*1-21(2,3)35-20(34)30-13(7-12-8-15(24)16(25)10-14(12)23)9-18(32)31-6-4-5-29-19(33)17(31)11-22(26,27)28/h3*8,10,13,17H,4-7,9,11H2,1-3H3,(H,29,33)(H,30,34)/t13-,17+;2*13-,17-/m111/s1. The second-order valence-electron chi connectivity index (χ2n) is 27.5. The maximum atomic E-state index is 14.2. The Kier molecular flexibility index (Phi) is 31.4. The number of ether oxygens (including phenoxy) is 3. The lowest BCUT2D eigenvalue weighted by molar-refractivity contribution is -0.162. The maximum absolute atomic E-state index is 14.2. The van der Waals surface area contributed by atoms with Crippen LogP contribution in [0.5, 0.6) is 0 Å². The molecule has 0 saturated carbocycles. The highest BCUT2D eigenvalue weighted by Gasteiger charge is 2.45. The van der Waals surface area contributed by atoms with Crippen molar-refractivity contribution in [2.75, 3.05) is 39.3 Å². The third kappa shape index (κ3) is 31.3. The summed E-state index contributed by atoms with van der Waals surface area (Å²) < 4.78 is 257. The number of benzene rings is 3. The van der Waals surface area contributed by atoms with Gasteiger partial charge in [-0.05, 0) is 136 Å². The molecule has 0 radical (unpaired) electrons. The van der Waals surface area contributed by atoms with E-state index < -0.39 is 235 Å². The van der Waals surface area contributed by atoms with Gasteiger partial charge in [0, 0.05) is 94.9 Å². The van der Waals surface area contributed by atoms with E-state index in [1.807, 2.05) is 0 Å². The van der Waals surface area contributed by atoms with Crippen molar-refractivity contribution in [2.24, 2.45) is 0 Å². The largest absolute Gasteiger partial charge is 0.444 e. The average molecular weight is 1530 g/mol. The van der Waals surface area contributed by atoms with Crippen molar-refractivity contribution < 1.29 is 136 Å². The molecular formula is C66H81F18N9O12. The third-order valence-corrected chi connectivity index (χ3v) is 15.0. The minimum absolute atomic E-state index is 0.0661. The molecule has 21 nitrogen and oxygen atoms in total. The van der Waals surface area contributed by atoms with Crippen LogP contribution < -0.4 is 31.9 Å². The smallest absolute Gasteiger partial charge is 0.407 e. The number of carbonyl (C=O) groups excluding carboxylic acids is 9. The number of alkyl carbamates (subject to hydrolysis) is 3. The van der Waals surface area contributed by atoms with Crippen molar-refractivity contribution in [2.45, 2.75) is 211 Å². The second-order valence-corrected chi connectivity index (χ2v) is 27.5. The van der Waals surface area contributed by atoms with Crippen LogP contribution in [0.2, 0.25) is 0 Å². The first-order valence-electron chi connectivity index (χ1n) is 32.5. The quantitative estimate of drug-likeness (QED) is 0.0395. The van der Waals surface area contributed by atoms with Crippen LogP contribution in [-0.4, -0.2) is 179 Å². The predicted octanol–water partition coefficient (Wildman–Crippen LogP) is 10.8. The molecule has 6 rings (SSSR count). The summed E-state index contributed by atoms with van der Waals surface area (Å²) in [6.45, 7) is 13.7. The van der Waals surface area contributed by atoms with Crippen LogP contribution in [0, 0.1) is 52.4 Å². The highest BCUT2D eigenvalue weighted by atomic mass is 19.4. The van der Waals surface area contributed by atoms with Crippen molar-refractivity contribution in [1.29, 1.82) is 0 Å². The summed E-state index contributed by atoms with van der Waals surface area (Å²) in [7, 11) is 0. The number of hydrogen-bond acceptors (Lipinski definition) is 12. The van der Waals surface area contributed by atoms with Crippen molar-refractivity contribution in [1.82, 2.24) is 46.6 Å². The Balaban J connectivity index is 0.000000333. The molecule has 0 spiro atoms. The van der Waals surface area contributed by atoms with Crippen LogP contribution in [0.25, 0.3) is 0 Å². The molecule has 3 aliphatic rings. The van der Waals surface area contributed by atoms with Gasteiger partial charge in [-0.2, -0.15) is 39.5 Å². The van der Waals surface area contributed by atoms with Gasteiger partial charge < -0.3 is 60.8 Å². The Morgan fingerprint density at radius 3 is 0.790 bits per heavy atom. The monoisotopic (exact) mass is 1530 g/mol. The van der Waals surface area contributed by atoms with E-state index in [4.69, 9.17) is 14.2 Å². The van der Waals surface area contributed by atoms with Gasteiger partial charge in [0.25, 0.3) is 0 Å². The third-order valence-electron chi connectivity index (χ3n) is 15.0. The van der Waals surface area contributed by atoms with Gasteiger partial charge in [-0.1, -0.05) is 0 Å². The molecule has 3 aromatic rings. The van der Waals surface area contributed by atoms with Crippen molar-refractivity contribution in [3.8, 4) is 0 Å². The number of amides is 9.